The van der Waals surface area contributed by atoms with Gasteiger partial charge in [-0.25, -0.2) is 0 Å². The molecular weight excluding hydrogens is 252 g/mol. The minimum Gasteiger partial charge on any atom is -0.364 e. The number of nitrogens with two attached hydrogens (primary N) is 1. The molecule has 1 heterocycles. The van der Waals surface area contributed by atoms with Crippen LogP contribution in [0.2, 0.25) is 0 Å². The fourth-order valence-electron chi connectivity index (χ4n) is 3.61. The number of nitrogens with zero attached hydrogens (tertiary/aromatic N) is 1. The molecule has 1 aliphatic heterocycles. The van der Waals surface area contributed by atoms with Gasteiger partial charge in [0.25, 0.3) is 0 Å². The normalized spacial score (nSPS) is 31.9. The Morgan fingerprint density at radius 1 is 1.25 bits per heavy atom. The van der Waals surface area contributed by atoms with Crippen molar-refractivity contribution in [3.63, 3.8) is 0 Å². The second-order valence-electron chi connectivity index (χ2n) is 6.67. The van der Waals surface area contributed by atoms with E-state index < -0.39 is 0 Å². The maximum atomic E-state index is 12.3. The third-order valence-corrected chi connectivity index (χ3v) is 4.88. The molecule has 2 atom stereocenters. The molecule has 0 aromatic heterocycles. The fourth-order valence-corrected chi connectivity index (χ4v) is 3.61. The maximum Gasteiger partial charge on any atom is 0.248 e. The summed E-state index contributed by atoms with van der Waals surface area (Å²) in [5.74, 6) is 0.804. The van der Waals surface area contributed by atoms with Crippen LogP contribution < -0.4 is 5.73 Å². The molecule has 2 aliphatic rings. The first-order chi connectivity index (χ1) is 9.65. The van der Waals surface area contributed by atoms with Gasteiger partial charge in [0, 0.05) is 19.6 Å². The molecule has 0 spiro atoms. The molecule has 1 saturated heterocycles. The zero-order chi connectivity index (χ0) is 14.4. The van der Waals surface area contributed by atoms with Gasteiger partial charge in [-0.15, -0.1) is 0 Å². The van der Waals surface area contributed by atoms with E-state index >= 15 is 0 Å². The highest BCUT2D eigenvalue weighted by molar-refractivity contribution is 5.77. The number of amides is 1. The van der Waals surface area contributed by atoms with Crippen molar-refractivity contribution >= 4 is 5.91 Å². The molecule has 2 rings (SSSR count). The quantitative estimate of drug-likeness (QED) is 0.861. The van der Waals surface area contributed by atoms with E-state index in [-0.39, 0.29) is 18.1 Å². The molecule has 0 aromatic carbocycles. The summed E-state index contributed by atoms with van der Waals surface area (Å²) in [6.45, 7) is 4.79. The molecule has 2 unspecified atom stereocenters. The van der Waals surface area contributed by atoms with E-state index in [1.54, 1.807) is 0 Å². The lowest BCUT2D eigenvalue weighted by Crippen LogP contribution is -2.47. The first-order valence-corrected chi connectivity index (χ1v) is 8.27. The molecule has 1 aliphatic carbocycles. The van der Waals surface area contributed by atoms with Crippen LogP contribution >= 0.6 is 0 Å². The Kier molecular flexibility index (Phi) is 5.85. The summed E-state index contributed by atoms with van der Waals surface area (Å²) < 4.78 is 6.03. The predicted octanol–water partition coefficient (Wildman–Crippen LogP) is 2.31. The highest BCUT2D eigenvalue weighted by atomic mass is 16.5. The number of ether oxygens (including phenoxy) is 1. The van der Waals surface area contributed by atoms with Crippen molar-refractivity contribution in [1.29, 1.82) is 0 Å². The molecule has 20 heavy (non-hydrogen) atoms. The fraction of sp³-hybridized carbons (Fsp3) is 0.938. The summed E-state index contributed by atoms with van der Waals surface area (Å²) in [6, 6.07) is 0. The van der Waals surface area contributed by atoms with Crippen LogP contribution in [0.15, 0.2) is 0 Å². The van der Waals surface area contributed by atoms with E-state index in [1.807, 2.05) is 4.90 Å². The second-order valence-corrected chi connectivity index (χ2v) is 6.67. The molecule has 0 aromatic rings. The van der Waals surface area contributed by atoms with Gasteiger partial charge in [0.15, 0.2) is 0 Å². The number of hydrogen-bond acceptors (Lipinski definition) is 3. The van der Waals surface area contributed by atoms with Gasteiger partial charge in [-0.3, -0.25) is 4.79 Å². The monoisotopic (exact) mass is 282 g/mol. The standard InChI is InChI=1S/C16H30N2O2/c1-14-7-6-8-16(11-14,13-17)20-12-15(19)18-9-4-2-3-5-10-18/h14H,2-13,17H2,1H3. The van der Waals surface area contributed by atoms with E-state index in [0.717, 1.165) is 45.2 Å². The van der Waals surface area contributed by atoms with Crippen molar-refractivity contribution < 1.29 is 9.53 Å². The third-order valence-electron chi connectivity index (χ3n) is 4.88. The summed E-state index contributed by atoms with van der Waals surface area (Å²) >= 11 is 0. The Morgan fingerprint density at radius 3 is 2.55 bits per heavy atom. The van der Waals surface area contributed by atoms with Crippen molar-refractivity contribution in [3.8, 4) is 0 Å². The number of carbonyl (C=O) groups excluding carboxylic acids is 1. The van der Waals surface area contributed by atoms with Crippen LogP contribution in [-0.2, 0) is 9.53 Å². The molecule has 0 bridgehead atoms. The highest BCUT2D eigenvalue weighted by Crippen LogP contribution is 2.34. The van der Waals surface area contributed by atoms with Crippen LogP contribution in [0.4, 0.5) is 0 Å². The lowest BCUT2D eigenvalue weighted by atomic mass is 9.79. The van der Waals surface area contributed by atoms with Gasteiger partial charge in [-0.1, -0.05) is 32.6 Å². The number of rotatable bonds is 4. The molecule has 2 N–H and O–H groups in total. The Balaban J connectivity index is 1.84. The van der Waals surface area contributed by atoms with E-state index in [1.165, 1.54) is 19.3 Å². The van der Waals surface area contributed by atoms with Crippen molar-refractivity contribution in [2.24, 2.45) is 11.7 Å². The van der Waals surface area contributed by atoms with E-state index in [0.29, 0.717) is 12.5 Å². The predicted molar refractivity (Wildman–Crippen MR) is 80.4 cm³/mol. The van der Waals surface area contributed by atoms with Gasteiger partial charge in [-0.2, -0.15) is 0 Å². The van der Waals surface area contributed by atoms with Crippen LogP contribution in [-0.4, -0.2) is 42.6 Å². The van der Waals surface area contributed by atoms with Crippen LogP contribution in [0.3, 0.4) is 0 Å². The molecule has 1 saturated carbocycles. The second kappa shape index (κ2) is 7.41. The van der Waals surface area contributed by atoms with Gasteiger partial charge in [0.2, 0.25) is 5.91 Å². The first-order valence-electron chi connectivity index (χ1n) is 8.27. The molecule has 116 valence electrons. The van der Waals surface area contributed by atoms with Crippen molar-refractivity contribution in [2.75, 3.05) is 26.2 Å². The van der Waals surface area contributed by atoms with Gasteiger partial charge in [-0.05, 0) is 31.6 Å². The molecule has 4 nitrogen and oxygen atoms in total. The van der Waals surface area contributed by atoms with E-state index in [4.69, 9.17) is 10.5 Å². The topological polar surface area (TPSA) is 55.6 Å². The third kappa shape index (κ3) is 4.19. The highest BCUT2D eigenvalue weighted by Gasteiger charge is 2.35. The van der Waals surface area contributed by atoms with Gasteiger partial charge in [0.1, 0.15) is 6.61 Å². The summed E-state index contributed by atoms with van der Waals surface area (Å²) in [7, 11) is 0. The molecule has 2 fully saturated rings. The lowest BCUT2D eigenvalue weighted by molar-refractivity contribution is -0.146. The zero-order valence-electron chi connectivity index (χ0n) is 12.9. The maximum absolute atomic E-state index is 12.3. The SMILES string of the molecule is CC1CCCC(CN)(OCC(=O)N2CCCCCC2)C1. The first kappa shape index (κ1) is 15.8. The molecular formula is C16H30N2O2. The van der Waals surface area contributed by atoms with Crippen LogP contribution in [0, 0.1) is 5.92 Å². The summed E-state index contributed by atoms with van der Waals surface area (Å²) in [4.78, 5) is 14.3. The van der Waals surface area contributed by atoms with Gasteiger partial charge in [0.05, 0.1) is 5.60 Å². The molecule has 4 heteroatoms. The Morgan fingerprint density at radius 2 is 1.95 bits per heavy atom. The van der Waals surface area contributed by atoms with Gasteiger partial charge < -0.3 is 15.4 Å². The summed E-state index contributed by atoms with van der Waals surface area (Å²) in [6.07, 6.45) is 9.17. The average molecular weight is 282 g/mol. The van der Waals surface area contributed by atoms with Crippen LogP contribution in [0.5, 0.6) is 0 Å². The number of likely N-dealkylation sites (tertiary alicyclic amines) is 1. The van der Waals surface area contributed by atoms with Crippen molar-refractivity contribution in [3.05, 3.63) is 0 Å². The minimum atomic E-state index is -0.251. The Labute approximate surface area is 123 Å². The van der Waals surface area contributed by atoms with Gasteiger partial charge >= 0.3 is 0 Å². The zero-order valence-corrected chi connectivity index (χ0v) is 12.9. The average Bonchev–Trinajstić information content (AvgIpc) is 2.74. The lowest BCUT2D eigenvalue weighted by Gasteiger charge is -2.39. The van der Waals surface area contributed by atoms with Crippen LogP contribution in [0.1, 0.15) is 58.3 Å². The Hall–Kier alpha value is -0.610. The van der Waals surface area contributed by atoms with Crippen molar-refractivity contribution in [2.45, 2.75) is 63.9 Å². The van der Waals surface area contributed by atoms with E-state index in [2.05, 4.69) is 6.92 Å². The minimum absolute atomic E-state index is 0.151. The number of carbonyl (C=O) groups is 1. The van der Waals surface area contributed by atoms with Crippen LogP contribution in [0.25, 0.3) is 0 Å². The number of hydrogen-bond donors (Lipinski definition) is 1. The summed E-state index contributed by atoms with van der Waals surface area (Å²) in [5, 5.41) is 0. The molecule has 0 radical (unpaired) electrons. The Bertz CT molecular complexity index is 314. The van der Waals surface area contributed by atoms with Crippen molar-refractivity contribution in [1.82, 2.24) is 4.90 Å². The largest absolute Gasteiger partial charge is 0.364 e. The summed E-state index contributed by atoms with van der Waals surface area (Å²) in [5.41, 5.74) is 5.69. The smallest absolute Gasteiger partial charge is 0.248 e. The molecule has 1 amide bonds. The van der Waals surface area contributed by atoms with E-state index in [9.17, 15) is 4.79 Å².